The summed E-state index contributed by atoms with van der Waals surface area (Å²) in [6.45, 7) is 1.55. The number of carbonyl (C=O) groups excluding carboxylic acids is 1. The van der Waals surface area contributed by atoms with E-state index in [1.54, 1.807) is 31.2 Å². The molecule has 5 nitrogen and oxygen atoms in total. The molecular formula is C17H12F2N2O3. The number of hydrogen-bond donors (Lipinski definition) is 0. The van der Waals surface area contributed by atoms with Crippen molar-refractivity contribution in [3.8, 4) is 11.6 Å². The Hall–Kier alpha value is -3.09. The molecule has 0 saturated heterocycles. The van der Waals surface area contributed by atoms with E-state index in [9.17, 15) is 13.6 Å². The standard InChI is InChI=1S/C17H12F2N2O3/c1-9-16(21-12-8-7-11(18)14(19)15(12)20-9)24-13-6-4-3-5-10(13)17(22)23-2/h3-8H,1-2H3. The minimum absolute atomic E-state index is 0.0878. The molecule has 1 heterocycles. The average molecular weight is 330 g/mol. The Morgan fingerprint density at radius 3 is 2.58 bits per heavy atom. The molecule has 0 bridgehead atoms. The summed E-state index contributed by atoms with van der Waals surface area (Å²) in [5, 5.41) is 0. The Morgan fingerprint density at radius 2 is 1.83 bits per heavy atom. The normalized spacial score (nSPS) is 10.7. The van der Waals surface area contributed by atoms with Crippen LogP contribution in [0.1, 0.15) is 16.1 Å². The molecule has 0 aliphatic rings. The molecule has 0 amide bonds. The number of hydrogen-bond acceptors (Lipinski definition) is 5. The summed E-state index contributed by atoms with van der Waals surface area (Å²) >= 11 is 0. The molecule has 3 rings (SSSR count). The fourth-order valence-electron chi connectivity index (χ4n) is 2.17. The van der Waals surface area contributed by atoms with Crippen LogP contribution in [0.4, 0.5) is 8.78 Å². The van der Waals surface area contributed by atoms with Gasteiger partial charge in [0.15, 0.2) is 11.6 Å². The van der Waals surface area contributed by atoms with Gasteiger partial charge >= 0.3 is 5.97 Å². The van der Waals surface area contributed by atoms with E-state index in [4.69, 9.17) is 9.47 Å². The van der Waals surface area contributed by atoms with Gasteiger partial charge in [-0.3, -0.25) is 0 Å². The highest BCUT2D eigenvalue weighted by Gasteiger charge is 2.17. The van der Waals surface area contributed by atoms with Gasteiger partial charge in [0.05, 0.1) is 12.6 Å². The second-order valence-electron chi connectivity index (χ2n) is 4.93. The highest BCUT2D eigenvalue weighted by molar-refractivity contribution is 5.92. The van der Waals surface area contributed by atoms with Crippen molar-refractivity contribution in [1.82, 2.24) is 9.97 Å². The van der Waals surface area contributed by atoms with Crippen molar-refractivity contribution in [2.24, 2.45) is 0 Å². The number of carbonyl (C=O) groups is 1. The van der Waals surface area contributed by atoms with E-state index in [-0.39, 0.29) is 33.9 Å². The summed E-state index contributed by atoms with van der Waals surface area (Å²) < 4.78 is 37.4. The van der Waals surface area contributed by atoms with Crippen LogP contribution in [-0.4, -0.2) is 23.0 Å². The number of nitrogens with zero attached hydrogens (tertiary/aromatic N) is 2. The van der Waals surface area contributed by atoms with Crippen LogP contribution in [0, 0.1) is 18.6 Å². The quantitative estimate of drug-likeness (QED) is 0.684. The Bertz CT molecular complexity index is 945. The monoisotopic (exact) mass is 330 g/mol. The number of benzene rings is 2. The number of rotatable bonds is 3. The number of para-hydroxylation sites is 1. The van der Waals surface area contributed by atoms with Crippen molar-refractivity contribution in [3.63, 3.8) is 0 Å². The number of fused-ring (bicyclic) bond motifs is 1. The molecule has 0 fully saturated rings. The molecule has 24 heavy (non-hydrogen) atoms. The second-order valence-corrected chi connectivity index (χ2v) is 4.93. The number of halogens is 2. The minimum Gasteiger partial charge on any atom is -0.465 e. The van der Waals surface area contributed by atoms with Gasteiger partial charge in [-0.15, -0.1) is 0 Å². The van der Waals surface area contributed by atoms with Gasteiger partial charge in [-0.1, -0.05) is 12.1 Å². The molecule has 0 atom stereocenters. The van der Waals surface area contributed by atoms with E-state index in [1.807, 2.05) is 0 Å². The molecule has 0 radical (unpaired) electrons. The highest BCUT2D eigenvalue weighted by atomic mass is 19.2. The fourth-order valence-corrected chi connectivity index (χ4v) is 2.17. The molecule has 0 unspecified atom stereocenters. The first kappa shape index (κ1) is 15.8. The van der Waals surface area contributed by atoms with Gasteiger partial charge in [0, 0.05) is 0 Å². The Kier molecular flexibility index (Phi) is 4.07. The first-order valence-corrected chi connectivity index (χ1v) is 6.99. The van der Waals surface area contributed by atoms with Gasteiger partial charge in [-0.05, 0) is 31.2 Å². The van der Waals surface area contributed by atoms with Crippen LogP contribution in [0.25, 0.3) is 11.0 Å². The Balaban J connectivity index is 2.07. The van der Waals surface area contributed by atoms with E-state index < -0.39 is 17.6 Å². The summed E-state index contributed by atoms with van der Waals surface area (Å²) in [7, 11) is 1.26. The average Bonchev–Trinajstić information content (AvgIpc) is 2.59. The number of methoxy groups -OCH3 is 1. The van der Waals surface area contributed by atoms with Gasteiger partial charge in [-0.25, -0.2) is 23.5 Å². The summed E-state index contributed by atoms with van der Waals surface area (Å²) in [5.41, 5.74) is 0.435. The van der Waals surface area contributed by atoms with Crippen molar-refractivity contribution < 1.29 is 23.0 Å². The molecule has 122 valence electrons. The van der Waals surface area contributed by atoms with Crippen LogP contribution in [-0.2, 0) is 4.74 Å². The molecule has 0 spiro atoms. The Labute approximate surface area is 135 Å². The van der Waals surface area contributed by atoms with Crippen molar-refractivity contribution in [2.45, 2.75) is 6.92 Å². The van der Waals surface area contributed by atoms with E-state index in [0.717, 1.165) is 6.07 Å². The maximum absolute atomic E-state index is 13.8. The summed E-state index contributed by atoms with van der Waals surface area (Å²) in [4.78, 5) is 19.9. The summed E-state index contributed by atoms with van der Waals surface area (Å²) in [5.74, 6) is -2.32. The molecule has 2 aromatic carbocycles. The third kappa shape index (κ3) is 2.76. The molecule has 3 aromatic rings. The van der Waals surface area contributed by atoms with Crippen molar-refractivity contribution in [2.75, 3.05) is 7.11 Å². The number of aromatic nitrogens is 2. The Morgan fingerprint density at radius 1 is 1.08 bits per heavy atom. The lowest BCUT2D eigenvalue weighted by Crippen LogP contribution is -2.05. The lowest BCUT2D eigenvalue weighted by atomic mass is 10.2. The predicted molar refractivity (Wildman–Crippen MR) is 82.0 cm³/mol. The first-order chi connectivity index (χ1) is 11.5. The summed E-state index contributed by atoms with van der Waals surface area (Å²) in [6.07, 6.45) is 0. The zero-order valence-electron chi connectivity index (χ0n) is 12.8. The molecule has 1 aromatic heterocycles. The molecule has 0 aliphatic heterocycles. The van der Waals surface area contributed by atoms with Crippen molar-refractivity contribution in [3.05, 3.63) is 59.3 Å². The molecule has 0 aliphatic carbocycles. The fraction of sp³-hybridized carbons (Fsp3) is 0.118. The van der Waals surface area contributed by atoms with Gasteiger partial charge < -0.3 is 9.47 Å². The number of aryl methyl sites for hydroxylation is 1. The van der Waals surface area contributed by atoms with E-state index in [0.29, 0.717) is 0 Å². The highest BCUT2D eigenvalue weighted by Crippen LogP contribution is 2.28. The van der Waals surface area contributed by atoms with E-state index >= 15 is 0 Å². The molecule has 0 N–H and O–H groups in total. The van der Waals surface area contributed by atoms with Crippen LogP contribution in [0.2, 0.25) is 0 Å². The van der Waals surface area contributed by atoms with Crippen molar-refractivity contribution in [1.29, 1.82) is 0 Å². The van der Waals surface area contributed by atoms with Crippen LogP contribution < -0.4 is 4.74 Å². The molecular weight excluding hydrogens is 318 g/mol. The third-order valence-corrected chi connectivity index (χ3v) is 3.36. The molecule has 7 heteroatoms. The maximum Gasteiger partial charge on any atom is 0.341 e. The second kappa shape index (κ2) is 6.19. The number of esters is 1. The zero-order valence-corrected chi connectivity index (χ0v) is 12.8. The van der Waals surface area contributed by atoms with Gasteiger partial charge in [0.2, 0.25) is 5.88 Å². The largest absolute Gasteiger partial charge is 0.465 e. The SMILES string of the molecule is COC(=O)c1ccccc1Oc1nc2ccc(F)c(F)c2nc1C. The van der Waals surface area contributed by atoms with Gasteiger partial charge in [0.1, 0.15) is 22.5 Å². The van der Waals surface area contributed by atoms with Gasteiger partial charge in [0.25, 0.3) is 0 Å². The van der Waals surface area contributed by atoms with Crippen LogP contribution in [0.5, 0.6) is 11.6 Å². The maximum atomic E-state index is 13.8. The lowest BCUT2D eigenvalue weighted by Gasteiger charge is -2.11. The van der Waals surface area contributed by atoms with Crippen LogP contribution in [0.15, 0.2) is 36.4 Å². The van der Waals surface area contributed by atoms with E-state index in [2.05, 4.69) is 9.97 Å². The van der Waals surface area contributed by atoms with Gasteiger partial charge in [-0.2, -0.15) is 0 Å². The topological polar surface area (TPSA) is 61.3 Å². The minimum atomic E-state index is -1.07. The van der Waals surface area contributed by atoms with Crippen molar-refractivity contribution >= 4 is 17.0 Å². The molecule has 0 saturated carbocycles. The van der Waals surface area contributed by atoms with Crippen LogP contribution in [0.3, 0.4) is 0 Å². The third-order valence-electron chi connectivity index (χ3n) is 3.36. The smallest absolute Gasteiger partial charge is 0.341 e. The van der Waals surface area contributed by atoms with E-state index in [1.165, 1.54) is 13.2 Å². The summed E-state index contributed by atoms with van der Waals surface area (Å²) in [6, 6.07) is 8.73. The predicted octanol–water partition coefficient (Wildman–Crippen LogP) is 3.80. The lowest BCUT2D eigenvalue weighted by molar-refractivity contribution is 0.0598. The number of ether oxygens (including phenoxy) is 2. The van der Waals surface area contributed by atoms with Crippen LogP contribution >= 0.6 is 0 Å². The zero-order chi connectivity index (χ0) is 17.3. The first-order valence-electron chi connectivity index (χ1n) is 6.99.